The van der Waals surface area contributed by atoms with Crippen LogP contribution in [-0.2, 0) is 4.79 Å². The quantitative estimate of drug-likeness (QED) is 0.867. The molecule has 1 saturated carbocycles. The van der Waals surface area contributed by atoms with Crippen LogP contribution in [0.5, 0.6) is 0 Å². The molecule has 0 spiro atoms. The van der Waals surface area contributed by atoms with Gasteiger partial charge in [0.1, 0.15) is 0 Å². The molecule has 2 unspecified atom stereocenters. The summed E-state index contributed by atoms with van der Waals surface area (Å²) < 4.78 is 0.781. The number of anilines is 1. The summed E-state index contributed by atoms with van der Waals surface area (Å²) in [6.45, 7) is 1.89. The predicted molar refractivity (Wildman–Crippen MR) is 81.7 cm³/mol. The van der Waals surface area contributed by atoms with Crippen molar-refractivity contribution in [3.8, 4) is 0 Å². The number of fused-ring (bicyclic) bond motifs is 1. The van der Waals surface area contributed by atoms with Crippen LogP contribution in [0.1, 0.15) is 32.1 Å². The number of amides is 1. The van der Waals surface area contributed by atoms with Crippen LogP contribution in [0.15, 0.2) is 4.34 Å². The molecule has 1 aromatic rings. The van der Waals surface area contributed by atoms with Crippen molar-refractivity contribution in [1.29, 1.82) is 0 Å². The van der Waals surface area contributed by atoms with Crippen LogP contribution in [-0.4, -0.2) is 39.8 Å². The van der Waals surface area contributed by atoms with E-state index in [9.17, 15) is 4.79 Å². The van der Waals surface area contributed by atoms with Crippen molar-refractivity contribution in [2.75, 3.05) is 24.6 Å². The molecule has 2 atom stereocenters. The SMILES string of the molecule is Nc1nnc(SCC(=O)N2CCC3CCCCC3C2)s1. The lowest BCUT2D eigenvalue weighted by atomic mass is 9.75. The highest BCUT2D eigenvalue weighted by Gasteiger charge is 2.32. The number of nitrogen functional groups attached to an aromatic ring is 1. The first-order valence-corrected chi connectivity index (χ1v) is 9.02. The largest absolute Gasteiger partial charge is 0.374 e. The van der Waals surface area contributed by atoms with Crippen molar-refractivity contribution in [3.63, 3.8) is 0 Å². The number of hydrogen-bond acceptors (Lipinski definition) is 6. The summed E-state index contributed by atoms with van der Waals surface area (Å²) in [6, 6.07) is 0. The molecule has 5 nitrogen and oxygen atoms in total. The highest BCUT2D eigenvalue weighted by Crippen LogP contribution is 2.36. The number of piperidine rings is 1. The van der Waals surface area contributed by atoms with Gasteiger partial charge in [-0.2, -0.15) is 0 Å². The molecule has 7 heteroatoms. The second-order valence-electron chi connectivity index (χ2n) is 5.63. The number of nitrogens with two attached hydrogens (primary N) is 1. The molecule has 1 aliphatic carbocycles. The summed E-state index contributed by atoms with van der Waals surface area (Å²) in [4.78, 5) is 14.3. The molecule has 2 heterocycles. The number of hydrogen-bond donors (Lipinski definition) is 1. The molecule has 1 saturated heterocycles. The summed E-state index contributed by atoms with van der Waals surface area (Å²) in [7, 11) is 0. The second-order valence-corrected chi connectivity index (χ2v) is 7.86. The van der Waals surface area contributed by atoms with E-state index >= 15 is 0 Å². The van der Waals surface area contributed by atoms with E-state index < -0.39 is 0 Å². The molecule has 0 radical (unpaired) electrons. The zero-order valence-corrected chi connectivity index (χ0v) is 13.1. The van der Waals surface area contributed by atoms with Gasteiger partial charge < -0.3 is 10.6 Å². The third-order valence-corrected chi connectivity index (χ3v) is 6.26. The van der Waals surface area contributed by atoms with Gasteiger partial charge in [-0.05, 0) is 24.7 Å². The summed E-state index contributed by atoms with van der Waals surface area (Å²) in [5.74, 6) is 2.28. The normalized spacial score (nSPS) is 26.3. The molecule has 0 aromatic carbocycles. The third kappa shape index (κ3) is 3.25. The van der Waals surface area contributed by atoms with Crippen molar-refractivity contribution in [1.82, 2.24) is 15.1 Å². The van der Waals surface area contributed by atoms with Gasteiger partial charge in [-0.15, -0.1) is 10.2 Å². The smallest absolute Gasteiger partial charge is 0.233 e. The van der Waals surface area contributed by atoms with E-state index in [1.165, 1.54) is 55.2 Å². The molecular formula is C13H20N4OS2. The van der Waals surface area contributed by atoms with Crippen molar-refractivity contribution >= 4 is 34.1 Å². The molecule has 110 valence electrons. The fourth-order valence-corrected chi connectivity index (χ4v) is 4.86. The van der Waals surface area contributed by atoms with Crippen molar-refractivity contribution in [3.05, 3.63) is 0 Å². The van der Waals surface area contributed by atoms with Gasteiger partial charge in [0, 0.05) is 13.1 Å². The number of carbonyl (C=O) groups excluding carboxylic acids is 1. The Morgan fingerprint density at radius 2 is 2.10 bits per heavy atom. The van der Waals surface area contributed by atoms with Crippen LogP contribution in [0.25, 0.3) is 0 Å². The van der Waals surface area contributed by atoms with Gasteiger partial charge in [0.15, 0.2) is 4.34 Å². The number of carbonyl (C=O) groups is 1. The molecule has 20 heavy (non-hydrogen) atoms. The Balaban J connectivity index is 1.50. The highest BCUT2D eigenvalue weighted by molar-refractivity contribution is 8.01. The topological polar surface area (TPSA) is 72.1 Å². The summed E-state index contributed by atoms with van der Waals surface area (Å²) in [6.07, 6.45) is 6.57. The molecule has 2 aliphatic rings. The van der Waals surface area contributed by atoms with E-state index in [1.807, 2.05) is 4.90 Å². The first-order valence-electron chi connectivity index (χ1n) is 7.22. The van der Waals surface area contributed by atoms with Crippen LogP contribution in [0, 0.1) is 11.8 Å². The maximum absolute atomic E-state index is 12.3. The second kappa shape index (κ2) is 6.30. The first-order chi connectivity index (χ1) is 9.72. The van der Waals surface area contributed by atoms with E-state index in [0.717, 1.165) is 29.3 Å². The standard InChI is InChI=1S/C13H20N4OS2/c14-12-15-16-13(20-12)19-8-11(18)17-6-5-9-3-1-2-4-10(9)7-17/h9-10H,1-8H2,(H2,14,15). The minimum Gasteiger partial charge on any atom is -0.374 e. The van der Waals surface area contributed by atoms with E-state index in [-0.39, 0.29) is 5.91 Å². The van der Waals surface area contributed by atoms with Crippen LogP contribution in [0.3, 0.4) is 0 Å². The molecule has 1 amide bonds. The van der Waals surface area contributed by atoms with Crippen LogP contribution in [0.2, 0.25) is 0 Å². The maximum atomic E-state index is 12.3. The van der Waals surface area contributed by atoms with E-state index in [2.05, 4.69) is 10.2 Å². The molecule has 0 bridgehead atoms. The van der Waals surface area contributed by atoms with E-state index in [0.29, 0.717) is 10.9 Å². The molecule has 1 aromatic heterocycles. The predicted octanol–water partition coefficient (Wildman–Crippen LogP) is 2.25. The number of nitrogens with zero attached hydrogens (tertiary/aromatic N) is 3. The lowest BCUT2D eigenvalue weighted by Gasteiger charge is -2.41. The number of likely N-dealkylation sites (tertiary alicyclic amines) is 1. The average Bonchev–Trinajstić information content (AvgIpc) is 2.90. The molecule has 2 N–H and O–H groups in total. The zero-order chi connectivity index (χ0) is 13.9. The van der Waals surface area contributed by atoms with Gasteiger partial charge in [0.2, 0.25) is 11.0 Å². The lowest BCUT2D eigenvalue weighted by molar-refractivity contribution is -0.131. The van der Waals surface area contributed by atoms with Gasteiger partial charge in [-0.25, -0.2) is 0 Å². The lowest BCUT2D eigenvalue weighted by Crippen LogP contribution is -2.45. The Labute approximate surface area is 127 Å². The maximum Gasteiger partial charge on any atom is 0.233 e. The van der Waals surface area contributed by atoms with Crippen molar-refractivity contribution in [2.45, 2.75) is 36.4 Å². The summed E-state index contributed by atoms with van der Waals surface area (Å²) in [5, 5.41) is 8.16. The Kier molecular flexibility index (Phi) is 4.45. The molecule has 1 aliphatic heterocycles. The van der Waals surface area contributed by atoms with E-state index in [1.54, 1.807) is 0 Å². The van der Waals surface area contributed by atoms with Gasteiger partial charge >= 0.3 is 0 Å². The third-order valence-electron chi connectivity index (χ3n) is 4.39. The number of aromatic nitrogens is 2. The van der Waals surface area contributed by atoms with Gasteiger partial charge in [0.25, 0.3) is 0 Å². The minimum absolute atomic E-state index is 0.229. The Bertz CT molecular complexity index is 479. The first kappa shape index (κ1) is 14.1. The van der Waals surface area contributed by atoms with Crippen molar-refractivity contribution < 1.29 is 4.79 Å². The average molecular weight is 312 g/mol. The fourth-order valence-electron chi connectivity index (χ4n) is 3.32. The molecular weight excluding hydrogens is 292 g/mol. The van der Waals surface area contributed by atoms with E-state index in [4.69, 9.17) is 5.73 Å². The summed E-state index contributed by atoms with van der Waals surface area (Å²) in [5.41, 5.74) is 5.54. The van der Waals surface area contributed by atoms with Crippen LogP contribution < -0.4 is 5.73 Å². The monoisotopic (exact) mass is 312 g/mol. The Morgan fingerprint density at radius 1 is 1.30 bits per heavy atom. The zero-order valence-electron chi connectivity index (χ0n) is 11.5. The molecule has 3 rings (SSSR count). The Morgan fingerprint density at radius 3 is 2.85 bits per heavy atom. The van der Waals surface area contributed by atoms with Gasteiger partial charge in [0.05, 0.1) is 5.75 Å². The number of thioether (sulfide) groups is 1. The fraction of sp³-hybridized carbons (Fsp3) is 0.769. The highest BCUT2D eigenvalue weighted by atomic mass is 32.2. The van der Waals surface area contributed by atoms with Gasteiger partial charge in [-0.3, -0.25) is 4.79 Å². The summed E-state index contributed by atoms with van der Waals surface area (Å²) >= 11 is 2.79. The van der Waals surface area contributed by atoms with Crippen molar-refractivity contribution in [2.24, 2.45) is 11.8 Å². The molecule has 2 fully saturated rings. The van der Waals surface area contributed by atoms with Crippen LogP contribution in [0.4, 0.5) is 5.13 Å². The minimum atomic E-state index is 0.229. The van der Waals surface area contributed by atoms with Gasteiger partial charge in [-0.1, -0.05) is 42.4 Å². The Hall–Kier alpha value is -0.820. The number of rotatable bonds is 3. The van der Waals surface area contributed by atoms with Crippen LogP contribution >= 0.6 is 23.1 Å².